The van der Waals surface area contributed by atoms with Gasteiger partial charge in [0.25, 0.3) is 0 Å². The van der Waals surface area contributed by atoms with E-state index in [0.717, 1.165) is 17.3 Å². The third-order valence-electron chi connectivity index (χ3n) is 3.79. The van der Waals surface area contributed by atoms with Crippen molar-refractivity contribution in [3.63, 3.8) is 0 Å². The molecule has 1 saturated carbocycles. The second-order valence-electron chi connectivity index (χ2n) is 6.59. The van der Waals surface area contributed by atoms with Crippen LogP contribution in [0.25, 0.3) is 0 Å². The Kier molecular flexibility index (Phi) is 5.15. The van der Waals surface area contributed by atoms with Crippen molar-refractivity contribution in [1.82, 2.24) is 0 Å². The van der Waals surface area contributed by atoms with E-state index in [-0.39, 0.29) is 0 Å². The Hall–Kier alpha value is 0. The lowest BCUT2D eigenvalue weighted by Crippen LogP contribution is -2.04. The minimum Gasteiger partial charge on any atom is -0.0628 e. The van der Waals surface area contributed by atoms with Crippen molar-refractivity contribution in [2.45, 2.75) is 79.1 Å². The molecule has 90 valence electrons. The van der Waals surface area contributed by atoms with Crippen LogP contribution in [0.2, 0.25) is 0 Å². The molecule has 0 radical (unpaired) electrons. The standard InChI is InChI=1S/C15H30/c1-13(2)8-6-5-7-9-15(10-11-15)12-14(3)4/h13-14H,5-12H2,1-4H3. The quantitative estimate of drug-likeness (QED) is 0.469. The summed E-state index contributed by atoms with van der Waals surface area (Å²) in [5, 5.41) is 0. The Labute approximate surface area is 96.8 Å². The summed E-state index contributed by atoms with van der Waals surface area (Å²) in [5.41, 5.74) is 0.812. The summed E-state index contributed by atoms with van der Waals surface area (Å²) in [5.74, 6) is 1.80. The van der Waals surface area contributed by atoms with E-state index < -0.39 is 0 Å². The van der Waals surface area contributed by atoms with Gasteiger partial charge in [-0.05, 0) is 42.9 Å². The number of rotatable bonds is 8. The van der Waals surface area contributed by atoms with E-state index in [2.05, 4.69) is 27.7 Å². The highest BCUT2D eigenvalue weighted by molar-refractivity contribution is 4.93. The summed E-state index contributed by atoms with van der Waals surface area (Å²) in [6.07, 6.45) is 11.9. The van der Waals surface area contributed by atoms with Crippen LogP contribution in [-0.2, 0) is 0 Å². The summed E-state index contributed by atoms with van der Waals surface area (Å²) in [4.78, 5) is 0. The Morgan fingerprint density at radius 1 is 0.867 bits per heavy atom. The molecule has 1 aliphatic rings. The predicted molar refractivity (Wildman–Crippen MR) is 69.0 cm³/mol. The van der Waals surface area contributed by atoms with E-state index >= 15 is 0 Å². The van der Waals surface area contributed by atoms with Crippen molar-refractivity contribution in [2.75, 3.05) is 0 Å². The topological polar surface area (TPSA) is 0 Å². The van der Waals surface area contributed by atoms with Gasteiger partial charge < -0.3 is 0 Å². The van der Waals surface area contributed by atoms with Gasteiger partial charge in [-0.3, -0.25) is 0 Å². The van der Waals surface area contributed by atoms with Crippen LogP contribution in [0.4, 0.5) is 0 Å². The monoisotopic (exact) mass is 210 g/mol. The molecule has 0 aliphatic heterocycles. The Morgan fingerprint density at radius 3 is 2.00 bits per heavy atom. The molecule has 0 atom stereocenters. The first-order valence-corrected chi connectivity index (χ1v) is 7.04. The second kappa shape index (κ2) is 5.92. The molecule has 1 aliphatic carbocycles. The molecule has 15 heavy (non-hydrogen) atoms. The van der Waals surface area contributed by atoms with Crippen LogP contribution in [0, 0.1) is 17.3 Å². The van der Waals surface area contributed by atoms with Crippen LogP contribution in [0.5, 0.6) is 0 Å². The zero-order valence-corrected chi connectivity index (χ0v) is 11.3. The first kappa shape index (κ1) is 13.1. The fraction of sp³-hybridized carbons (Fsp3) is 1.00. The molecule has 0 unspecified atom stereocenters. The molecular weight excluding hydrogens is 180 g/mol. The molecular formula is C15H30. The Morgan fingerprint density at radius 2 is 1.53 bits per heavy atom. The average Bonchev–Trinajstić information content (AvgIpc) is 2.83. The zero-order chi connectivity index (χ0) is 11.3. The highest BCUT2D eigenvalue weighted by Gasteiger charge is 2.41. The van der Waals surface area contributed by atoms with Crippen molar-refractivity contribution in [2.24, 2.45) is 17.3 Å². The average molecular weight is 210 g/mol. The summed E-state index contributed by atoms with van der Waals surface area (Å²) < 4.78 is 0. The van der Waals surface area contributed by atoms with Gasteiger partial charge >= 0.3 is 0 Å². The lowest BCUT2D eigenvalue weighted by molar-refractivity contribution is 0.348. The lowest BCUT2D eigenvalue weighted by atomic mass is 9.89. The van der Waals surface area contributed by atoms with Crippen LogP contribution in [-0.4, -0.2) is 0 Å². The highest BCUT2D eigenvalue weighted by Crippen LogP contribution is 2.54. The molecule has 0 nitrogen and oxygen atoms in total. The van der Waals surface area contributed by atoms with E-state index in [1.165, 1.54) is 51.4 Å². The Bertz CT molecular complexity index is 163. The van der Waals surface area contributed by atoms with Crippen LogP contribution in [0.15, 0.2) is 0 Å². The molecule has 0 heteroatoms. The van der Waals surface area contributed by atoms with Gasteiger partial charge in [-0.15, -0.1) is 0 Å². The first-order valence-electron chi connectivity index (χ1n) is 7.04. The number of hydrogen-bond acceptors (Lipinski definition) is 0. The number of unbranched alkanes of at least 4 members (excludes halogenated alkanes) is 2. The molecule has 0 spiro atoms. The maximum absolute atomic E-state index is 2.37. The smallest absolute Gasteiger partial charge is 0.0295 e. The molecule has 0 N–H and O–H groups in total. The molecule has 0 amide bonds. The van der Waals surface area contributed by atoms with Crippen molar-refractivity contribution in [1.29, 1.82) is 0 Å². The fourth-order valence-corrected chi connectivity index (χ4v) is 2.83. The van der Waals surface area contributed by atoms with E-state index in [4.69, 9.17) is 0 Å². The van der Waals surface area contributed by atoms with Crippen molar-refractivity contribution in [3.05, 3.63) is 0 Å². The van der Waals surface area contributed by atoms with Gasteiger partial charge in [-0.1, -0.05) is 53.4 Å². The van der Waals surface area contributed by atoms with E-state index in [1.54, 1.807) is 0 Å². The fourth-order valence-electron chi connectivity index (χ4n) is 2.83. The van der Waals surface area contributed by atoms with Gasteiger partial charge in [-0.2, -0.15) is 0 Å². The Balaban J connectivity index is 2.00. The van der Waals surface area contributed by atoms with E-state index in [0.29, 0.717) is 0 Å². The number of hydrogen-bond donors (Lipinski definition) is 0. The van der Waals surface area contributed by atoms with Gasteiger partial charge in [0.15, 0.2) is 0 Å². The minimum atomic E-state index is 0.812. The van der Waals surface area contributed by atoms with E-state index in [1.807, 2.05) is 0 Å². The third kappa shape index (κ3) is 5.58. The summed E-state index contributed by atoms with van der Waals surface area (Å²) >= 11 is 0. The molecule has 1 fully saturated rings. The van der Waals surface area contributed by atoms with Crippen LogP contribution >= 0.6 is 0 Å². The second-order valence-corrected chi connectivity index (χ2v) is 6.59. The van der Waals surface area contributed by atoms with Crippen LogP contribution in [0.1, 0.15) is 79.1 Å². The molecule has 0 aromatic heterocycles. The van der Waals surface area contributed by atoms with Crippen molar-refractivity contribution < 1.29 is 0 Å². The predicted octanol–water partition coefficient (Wildman–Crippen LogP) is 5.42. The first-order chi connectivity index (χ1) is 7.04. The van der Waals surface area contributed by atoms with Crippen molar-refractivity contribution in [3.8, 4) is 0 Å². The van der Waals surface area contributed by atoms with Crippen LogP contribution in [0.3, 0.4) is 0 Å². The third-order valence-corrected chi connectivity index (χ3v) is 3.79. The maximum Gasteiger partial charge on any atom is -0.0295 e. The minimum absolute atomic E-state index is 0.812. The lowest BCUT2D eigenvalue weighted by Gasteiger charge is -2.17. The SMILES string of the molecule is CC(C)CCCCCC1(CC(C)C)CC1. The molecule has 0 saturated heterocycles. The molecule has 0 heterocycles. The normalized spacial score (nSPS) is 18.8. The molecule has 0 aromatic carbocycles. The van der Waals surface area contributed by atoms with Crippen LogP contribution < -0.4 is 0 Å². The highest BCUT2D eigenvalue weighted by atomic mass is 14.5. The summed E-state index contributed by atoms with van der Waals surface area (Å²) in [6.45, 7) is 9.42. The summed E-state index contributed by atoms with van der Waals surface area (Å²) in [6, 6.07) is 0. The summed E-state index contributed by atoms with van der Waals surface area (Å²) in [7, 11) is 0. The molecule has 0 bridgehead atoms. The van der Waals surface area contributed by atoms with Gasteiger partial charge in [0.2, 0.25) is 0 Å². The maximum atomic E-state index is 2.37. The zero-order valence-electron chi connectivity index (χ0n) is 11.3. The van der Waals surface area contributed by atoms with Crippen molar-refractivity contribution >= 4 is 0 Å². The van der Waals surface area contributed by atoms with Gasteiger partial charge in [0, 0.05) is 0 Å². The van der Waals surface area contributed by atoms with Gasteiger partial charge in [0.05, 0.1) is 0 Å². The molecule has 1 rings (SSSR count). The van der Waals surface area contributed by atoms with E-state index in [9.17, 15) is 0 Å². The largest absolute Gasteiger partial charge is 0.0628 e. The molecule has 0 aromatic rings. The van der Waals surface area contributed by atoms with Gasteiger partial charge in [-0.25, -0.2) is 0 Å². The van der Waals surface area contributed by atoms with Gasteiger partial charge in [0.1, 0.15) is 0 Å².